The minimum absolute atomic E-state index is 0.240. The summed E-state index contributed by atoms with van der Waals surface area (Å²) in [5.74, 6) is -2.02. The molecular weight excluding hydrogens is 360 g/mol. The van der Waals surface area contributed by atoms with Crippen LogP contribution < -0.4 is 9.44 Å². The van der Waals surface area contributed by atoms with E-state index in [0.29, 0.717) is 0 Å². The molecule has 0 aromatic carbocycles. The minimum atomic E-state index is -1.03. The van der Waals surface area contributed by atoms with Crippen LogP contribution in [0.5, 0.6) is 0 Å². The number of nitrogens with zero attached hydrogens (tertiary/aromatic N) is 2. The molecule has 0 aromatic heterocycles. The van der Waals surface area contributed by atoms with Gasteiger partial charge in [0.05, 0.1) is 0 Å². The van der Waals surface area contributed by atoms with Gasteiger partial charge < -0.3 is 14.6 Å². The largest absolute Gasteiger partial charge is 0.480 e. The smallest absolute Gasteiger partial charge is 0.320 e. The topological polar surface area (TPSA) is 67.8 Å². The van der Waals surface area contributed by atoms with Gasteiger partial charge in [0.25, 0.3) is 0 Å². The van der Waals surface area contributed by atoms with Crippen LogP contribution in [0.15, 0.2) is 0 Å². The lowest BCUT2D eigenvalue weighted by molar-refractivity contribution is -0.137. The van der Waals surface area contributed by atoms with E-state index < -0.39 is 11.9 Å². The maximum atomic E-state index is 11.5. The molecule has 0 saturated carbocycles. The predicted octanol–water partition coefficient (Wildman–Crippen LogP) is 1.84. The number of carbonyl (C=O) groups is 1. The molecule has 2 aliphatic heterocycles. The van der Waals surface area contributed by atoms with Crippen LogP contribution in [-0.2, 0) is 4.79 Å². The molecule has 6 nitrogen and oxygen atoms in total. The van der Waals surface area contributed by atoms with Gasteiger partial charge in [-0.2, -0.15) is 0 Å². The summed E-state index contributed by atoms with van der Waals surface area (Å²) < 4.78 is 10.2. The Morgan fingerprint density at radius 3 is 1.59 bits per heavy atom. The van der Waals surface area contributed by atoms with E-state index in [1.807, 2.05) is 0 Å². The van der Waals surface area contributed by atoms with Crippen LogP contribution in [0, 0.1) is 5.92 Å². The minimum Gasteiger partial charge on any atom is -0.480 e. The molecule has 2 saturated heterocycles. The van der Waals surface area contributed by atoms with Crippen LogP contribution in [0.1, 0.15) is 25.7 Å². The molecule has 0 radical (unpaired) electrons. The Balaban J connectivity index is 1.79. The van der Waals surface area contributed by atoms with Crippen molar-refractivity contribution >= 4 is 64.6 Å². The normalized spacial score (nSPS) is 19.5. The summed E-state index contributed by atoms with van der Waals surface area (Å²) in [6.45, 7) is 3.97. The molecule has 0 bridgehead atoms. The maximum Gasteiger partial charge on any atom is 0.320 e. The zero-order valence-corrected chi connectivity index (χ0v) is 15.4. The van der Waals surface area contributed by atoms with Crippen molar-refractivity contribution in [2.75, 3.05) is 26.2 Å². The number of carboxylic acids is 1. The summed E-state index contributed by atoms with van der Waals surface area (Å²) in [6, 6.07) is 0. The highest BCUT2D eigenvalue weighted by molar-refractivity contribution is 7.97. The van der Waals surface area contributed by atoms with Crippen molar-refractivity contribution in [3.05, 3.63) is 0 Å². The third-order valence-corrected chi connectivity index (χ3v) is 6.26. The third-order valence-electron chi connectivity index (χ3n) is 3.45. The quantitative estimate of drug-likeness (QED) is 0.450. The van der Waals surface area contributed by atoms with Gasteiger partial charge in [-0.25, -0.2) is 8.61 Å². The van der Waals surface area contributed by atoms with Crippen molar-refractivity contribution in [3.8, 4) is 0 Å². The van der Waals surface area contributed by atoms with Crippen LogP contribution in [0.3, 0.4) is 0 Å². The third kappa shape index (κ3) is 5.50. The number of hydrogen-bond donors (Lipinski definition) is 3. The fraction of sp³-hybridized carbons (Fsp3) is 0.750. The van der Waals surface area contributed by atoms with E-state index in [4.69, 9.17) is 24.4 Å². The van der Waals surface area contributed by atoms with E-state index in [-0.39, 0.29) is 9.98 Å². The Morgan fingerprint density at radius 2 is 1.27 bits per heavy atom. The lowest BCUT2D eigenvalue weighted by atomic mass is 10.1. The van der Waals surface area contributed by atoms with Crippen molar-refractivity contribution in [1.82, 2.24) is 18.1 Å². The summed E-state index contributed by atoms with van der Waals surface area (Å²) in [5.41, 5.74) is 0. The Labute approximate surface area is 150 Å². The fourth-order valence-electron chi connectivity index (χ4n) is 2.24. The van der Waals surface area contributed by atoms with Crippen LogP contribution in [-0.4, -0.2) is 55.8 Å². The highest BCUT2D eigenvalue weighted by Gasteiger charge is 2.29. The van der Waals surface area contributed by atoms with E-state index in [0.717, 1.165) is 51.9 Å². The molecule has 2 heterocycles. The molecule has 10 heteroatoms. The van der Waals surface area contributed by atoms with Gasteiger partial charge in [0.1, 0.15) is 9.98 Å². The lowest BCUT2D eigenvalue weighted by Gasteiger charge is -2.21. The highest BCUT2D eigenvalue weighted by atomic mass is 32.2. The molecule has 2 rings (SSSR count). The molecule has 0 aliphatic carbocycles. The summed E-state index contributed by atoms with van der Waals surface area (Å²) in [6.07, 6.45) is 4.65. The van der Waals surface area contributed by atoms with Crippen molar-refractivity contribution < 1.29 is 9.90 Å². The molecule has 0 aromatic rings. The summed E-state index contributed by atoms with van der Waals surface area (Å²) in [7, 11) is 0. The molecule has 3 N–H and O–H groups in total. The molecule has 0 spiro atoms. The summed E-state index contributed by atoms with van der Waals surface area (Å²) in [5, 5.41) is 9.40. The summed E-state index contributed by atoms with van der Waals surface area (Å²) in [4.78, 5) is 12.0. The zero-order valence-electron chi connectivity index (χ0n) is 12.1. The van der Waals surface area contributed by atoms with E-state index >= 15 is 0 Å². The first-order valence-corrected chi connectivity index (χ1v) is 9.60. The van der Waals surface area contributed by atoms with Gasteiger partial charge in [0, 0.05) is 50.4 Å². The van der Waals surface area contributed by atoms with Gasteiger partial charge in [-0.3, -0.25) is 4.79 Å². The first kappa shape index (κ1) is 18.2. The molecule has 2 fully saturated rings. The van der Waals surface area contributed by atoms with Gasteiger partial charge in [-0.05, 0) is 25.7 Å². The number of aliphatic carboxylic acids is 1. The molecule has 0 atom stereocenters. The molecule has 22 heavy (non-hydrogen) atoms. The maximum absolute atomic E-state index is 11.5. The number of rotatable bonds is 7. The second-order valence-corrected chi connectivity index (χ2v) is 7.84. The van der Waals surface area contributed by atoms with Gasteiger partial charge in [0.15, 0.2) is 5.92 Å². The van der Waals surface area contributed by atoms with E-state index in [1.165, 1.54) is 24.3 Å². The van der Waals surface area contributed by atoms with Gasteiger partial charge in [-0.15, -0.1) is 0 Å². The Kier molecular flexibility index (Phi) is 7.65. The number of carboxylic acid groups (broad SMARTS) is 1. The SMILES string of the molecule is O=C(O)C(C(=S)NSN1CCCC1)C(=S)NSN1CCCC1. The van der Waals surface area contributed by atoms with E-state index in [1.54, 1.807) is 0 Å². The van der Waals surface area contributed by atoms with Crippen molar-refractivity contribution in [1.29, 1.82) is 0 Å². The monoisotopic (exact) mass is 380 g/mol. The Hall–Kier alpha value is -0.130. The average molecular weight is 381 g/mol. The molecule has 0 amide bonds. The Bertz CT molecular complexity index is 393. The predicted molar refractivity (Wildman–Crippen MR) is 99.4 cm³/mol. The first-order chi connectivity index (χ1) is 10.6. The van der Waals surface area contributed by atoms with Crippen molar-refractivity contribution in [2.24, 2.45) is 5.92 Å². The molecule has 124 valence electrons. The second-order valence-electron chi connectivity index (χ2n) is 5.16. The first-order valence-electron chi connectivity index (χ1n) is 7.24. The summed E-state index contributed by atoms with van der Waals surface area (Å²) >= 11 is 13.2. The van der Waals surface area contributed by atoms with Gasteiger partial charge in [-0.1, -0.05) is 24.4 Å². The number of thiocarbonyl (C=S) groups is 2. The van der Waals surface area contributed by atoms with Crippen molar-refractivity contribution in [3.63, 3.8) is 0 Å². The van der Waals surface area contributed by atoms with Gasteiger partial charge in [0.2, 0.25) is 0 Å². The highest BCUT2D eigenvalue weighted by Crippen LogP contribution is 2.18. The van der Waals surface area contributed by atoms with Crippen LogP contribution in [0.2, 0.25) is 0 Å². The van der Waals surface area contributed by atoms with Crippen LogP contribution >= 0.6 is 48.7 Å². The standard InChI is InChI=1S/C12H20N4O2S4/c17-12(18)9(10(19)13-21-15-5-1-2-6-15)11(20)14-22-16-7-3-4-8-16/h9H,1-8H2,(H,13,19)(H,14,20)(H,17,18). The van der Waals surface area contributed by atoms with E-state index in [2.05, 4.69) is 18.1 Å². The average Bonchev–Trinajstić information content (AvgIpc) is 3.16. The van der Waals surface area contributed by atoms with E-state index in [9.17, 15) is 9.90 Å². The van der Waals surface area contributed by atoms with Crippen LogP contribution in [0.4, 0.5) is 0 Å². The number of hydrogen-bond acceptors (Lipinski definition) is 7. The molecular formula is C12H20N4O2S4. The molecule has 0 unspecified atom stereocenters. The lowest BCUT2D eigenvalue weighted by Crippen LogP contribution is -2.41. The number of nitrogens with one attached hydrogen (secondary N) is 2. The van der Waals surface area contributed by atoms with Crippen LogP contribution in [0.25, 0.3) is 0 Å². The molecule has 2 aliphatic rings. The zero-order chi connectivity index (χ0) is 15.9. The van der Waals surface area contributed by atoms with Crippen molar-refractivity contribution in [2.45, 2.75) is 25.7 Å². The Morgan fingerprint density at radius 1 is 0.909 bits per heavy atom. The fourth-order valence-corrected chi connectivity index (χ4v) is 4.53. The van der Waals surface area contributed by atoms with Gasteiger partial charge >= 0.3 is 5.97 Å². The second kappa shape index (κ2) is 9.24.